The van der Waals surface area contributed by atoms with E-state index in [0.29, 0.717) is 24.1 Å². The number of rotatable bonds is 6. The summed E-state index contributed by atoms with van der Waals surface area (Å²) in [6.07, 6.45) is 2.59. The van der Waals surface area contributed by atoms with Crippen LogP contribution in [0.1, 0.15) is 41.6 Å². The Morgan fingerprint density at radius 2 is 2.21 bits per heavy atom. The van der Waals surface area contributed by atoms with E-state index in [-0.39, 0.29) is 5.56 Å². The number of nitrogens with one attached hydrogen (secondary N) is 1. The summed E-state index contributed by atoms with van der Waals surface area (Å²) in [5.74, 6) is 0.221. The molecule has 0 bridgehead atoms. The summed E-state index contributed by atoms with van der Waals surface area (Å²) in [6, 6.07) is 2.11. The first-order valence-corrected chi connectivity index (χ1v) is 6.85. The predicted molar refractivity (Wildman–Crippen MR) is 72.4 cm³/mol. The third kappa shape index (κ3) is 3.58. The van der Waals surface area contributed by atoms with Crippen LogP contribution in [0.15, 0.2) is 10.5 Å². The van der Waals surface area contributed by atoms with Crippen molar-refractivity contribution in [3.8, 4) is 0 Å². The molecule has 1 aromatic rings. The number of nitrogens with zero attached hydrogens (tertiary/aromatic N) is 1. The van der Waals surface area contributed by atoms with Gasteiger partial charge in [-0.2, -0.15) is 0 Å². The lowest BCUT2D eigenvalue weighted by Gasteiger charge is -2.23. The summed E-state index contributed by atoms with van der Waals surface area (Å²) in [7, 11) is 0. The minimum Gasteiger partial charge on any atom is -0.478 e. The van der Waals surface area contributed by atoms with Gasteiger partial charge in [-0.05, 0) is 45.8 Å². The molecule has 0 radical (unpaired) electrons. The Balaban J connectivity index is 1.79. The fraction of sp³-hybridized carbons (Fsp3) is 0.643. The summed E-state index contributed by atoms with van der Waals surface area (Å²) in [4.78, 5) is 13.4. The first-order chi connectivity index (χ1) is 9.08. The van der Waals surface area contributed by atoms with E-state index in [2.05, 4.69) is 17.1 Å². The number of hydrogen-bond acceptors (Lipinski definition) is 4. The van der Waals surface area contributed by atoms with E-state index >= 15 is 0 Å². The first kappa shape index (κ1) is 14.1. The van der Waals surface area contributed by atoms with Gasteiger partial charge in [0.15, 0.2) is 0 Å². The molecule has 2 heterocycles. The summed E-state index contributed by atoms with van der Waals surface area (Å²) < 4.78 is 5.43. The van der Waals surface area contributed by atoms with Gasteiger partial charge >= 0.3 is 5.97 Å². The number of aryl methyl sites for hydroxylation is 1. The molecular weight excluding hydrogens is 244 g/mol. The van der Waals surface area contributed by atoms with E-state index in [1.807, 2.05) is 0 Å². The van der Waals surface area contributed by atoms with E-state index in [0.717, 1.165) is 6.54 Å². The van der Waals surface area contributed by atoms with Crippen molar-refractivity contribution in [3.05, 3.63) is 23.2 Å². The van der Waals surface area contributed by atoms with Crippen molar-refractivity contribution < 1.29 is 14.3 Å². The van der Waals surface area contributed by atoms with Crippen LogP contribution in [0.2, 0.25) is 0 Å². The molecule has 1 fully saturated rings. The van der Waals surface area contributed by atoms with Crippen molar-refractivity contribution >= 4 is 5.97 Å². The van der Waals surface area contributed by atoms with Crippen LogP contribution < -0.4 is 5.32 Å². The molecular formula is C14H22N2O3. The Morgan fingerprint density at radius 1 is 1.53 bits per heavy atom. The largest absolute Gasteiger partial charge is 0.478 e. The van der Waals surface area contributed by atoms with E-state index in [1.54, 1.807) is 13.0 Å². The molecule has 0 saturated carbocycles. The highest BCUT2D eigenvalue weighted by Crippen LogP contribution is 2.15. The maximum atomic E-state index is 10.9. The standard InChI is InChI=1S/C14H22N2O3/c1-10(16-5-3-4-6-16)8-15-9-12-7-13(14(17)18)11(2)19-12/h7,10,15H,3-6,8-9H2,1-2H3,(H,17,18). The topological polar surface area (TPSA) is 65.7 Å². The Morgan fingerprint density at radius 3 is 2.79 bits per heavy atom. The molecule has 0 spiro atoms. The van der Waals surface area contributed by atoms with Crippen LogP contribution in [0.3, 0.4) is 0 Å². The SMILES string of the molecule is Cc1oc(CNCC(C)N2CCCC2)cc1C(=O)O. The van der Waals surface area contributed by atoms with Crippen LogP contribution in [0.4, 0.5) is 0 Å². The van der Waals surface area contributed by atoms with Gasteiger partial charge in [-0.3, -0.25) is 4.90 Å². The second kappa shape index (κ2) is 6.21. The number of likely N-dealkylation sites (tertiary alicyclic amines) is 1. The fourth-order valence-corrected chi connectivity index (χ4v) is 2.56. The summed E-state index contributed by atoms with van der Waals surface area (Å²) in [5.41, 5.74) is 0.254. The number of hydrogen-bond donors (Lipinski definition) is 2. The minimum absolute atomic E-state index is 0.254. The van der Waals surface area contributed by atoms with E-state index in [4.69, 9.17) is 9.52 Å². The van der Waals surface area contributed by atoms with Crippen molar-refractivity contribution in [1.29, 1.82) is 0 Å². The Hall–Kier alpha value is -1.33. The number of carboxylic acids is 1. The molecule has 1 saturated heterocycles. The van der Waals surface area contributed by atoms with Crippen LogP contribution >= 0.6 is 0 Å². The number of aromatic carboxylic acids is 1. The van der Waals surface area contributed by atoms with Gasteiger partial charge < -0.3 is 14.8 Å². The van der Waals surface area contributed by atoms with Crippen LogP contribution in [-0.2, 0) is 6.54 Å². The molecule has 2 rings (SSSR count). The van der Waals surface area contributed by atoms with Gasteiger partial charge in [-0.1, -0.05) is 0 Å². The summed E-state index contributed by atoms with van der Waals surface area (Å²) >= 11 is 0. The Labute approximate surface area is 113 Å². The predicted octanol–water partition coefficient (Wildman–Crippen LogP) is 1.86. The van der Waals surface area contributed by atoms with E-state index < -0.39 is 5.97 Å². The molecule has 1 aliphatic heterocycles. The van der Waals surface area contributed by atoms with Gasteiger partial charge in [0.05, 0.1) is 6.54 Å². The maximum Gasteiger partial charge on any atom is 0.339 e. The molecule has 0 aromatic carbocycles. The number of carbonyl (C=O) groups is 1. The Kier molecular flexibility index (Phi) is 4.61. The van der Waals surface area contributed by atoms with Crippen molar-refractivity contribution in [3.63, 3.8) is 0 Å². The zero-order valence-electron chi connectivity index (χ0n) is 11.6. The van der Waals surface area contributed by atoms with Crippen LogP contribution in [0, 0.1) is 6.92 Å². The smallest absolute Gasteiger partial charge is 0.339 e. The van der Waals surface area contributed by atoms with Crippen molar-refractivity contribution in [2.75, 3.05) is 19.6 Å². The van der Waals surface area contributed by atoms with Gasteiger partial charge in [0.1, 0.15) is 17.1 Å². The molecule has 5 nitrogen and oxygen atoms in total. The fourth-order valence-electron chi connectivity index (χ4n) is 2.56. The van der Waals surface area contributed by atoms with Crippen molar-refractivity contribution in [2.24, 2.45) is 0 Å². The first-order valence-electron chi connectivity index (χ1n) is 6.85. The molecule has 0 aliphatic carbocycles. The van der Waals surface area contributed by atoms with E-state index in [9.17, 15) is 4.79 Å². The van der Waals surface area contributed by atoms with Gasteiger partial charge in [0, 0.05) is 12.6 Å². The quantitative estimate of drug-likeness (QED) is 0.822. The van der Waals surface area contributed by atoms with Crippen molar-refractivity contribution in [2.45, 2.75) is 39.3 Å². The zero-order chi connectivity index (χ0) is 13.8. The molecule has 1 aromatic heterocycles. The third-order valence-electron chi connectivity index (χ3n) is 3.70. The van der Waals surface area contributed by atoms with Crippen LogP contribution in [0.5, 0.6) is 0 Å². The highest BCUT2D eigenvalue weighted by atomic mass is 16.4. The van der Waals surface area contributed by atoms with Gasteiger partial charge in [-0.15, -0.1) is 0 Å². The molecule has 5 heteroatoms. The van der Waals surface area contributed by atoms with Gasteiger partial charge in [0.25, 0.3) is 0 Å². The van der Waals surface area contributed by atoms with Crippen molar-refractivity contribution in [1.82, 2.24) is 10.2 Å². The molecule has 0 amide bonds. The second-order valence-corrected chi connectivity index (χ2v) is 5.21. The maximum absolute atomic E-state index is 10.9. The van der Waals surface area contributed by atoms with Gasteiger partial charge in [0.2, 0.25) is 0 Å². The lowest BCUT2D eigenvalue weighted by Crippen LogP contribution is -2.38. The molecule has 2 N–H and O–H groups in total. The summed E-state index contributed by atoms with van der Waals surface area (Å²) in [5, 5.41) is 12.3. The third-order valence-corrected chi connectivity index (χ3v) is 3.70. The highest BCUT2D eigenvalue weighted by molar-refractivity contribution is 5.88. The van der Waals surface area contributed by atoms with E-state index in [1.165, 1.54) is 25.9 Å². The highest BCUT2D eigenvalue weighted by Gasteiger charge is 2.18. The summed E-state index contributed by atoms with van der Waals surface area (Å²) in [6.45, 7) is 7.74. The average Bonchev–Trinajstić information content (AvgIpc) is 2.98. The minimum atomic E-state index is -0.932. The Bertz CT molecular complexity index is 436. The lowest BCUT2D eigenvalue weighted by molar-refractivity contribution is 0.0695. The molecule has 19 heavy (non-hydrogen) atoms. The average molecular weight is 266 g/mol. The number of carboxylic acid groups (broad SMARTS) is 1. The molecule has 106 valence electrons. The van der Waals surface area contributed by atoms with Crippen LogP contribution in [0.25, 0.3) is 0 Å². The monoisotopic (exact) mass is 266 g/mol. The van der Waals surface area contributed by atoms with Crippen LogP contribution in [-0.4, -0.2) is 41.7 Å². The normalized spacial score (nSPS) is 17.8. The molecule has 1 aliphatic rings. The van der Waals surface area contributed by atoms with Gasteiger partial charge in [-0.25, -0.2) is 4.79 Å². The lowest BCUT2D eigenvalue weighted by atomic mass is 10.2. The molecule has 1 unspecified atom stereocenters. The number of furan rings is 1. The second-order valence-electron chi connectivity index (χ2n) is 5.21. The zero-order valence-corrected chi connectivity index (χ0v) is 11.6. The molecule has 1 atom stereocenters.